The van der Waals surface area contributed by atoms with Gasteiger partial charge in [-0.05, 0) is 24.1 Å². The van der Waals surface area contributed by atoms with E-state index in [0.29, 0.717) is 6.04 Å². The van der Waals surface area contributed by atoms with E-state index in [1.165, 1.54) is 11.3 Å². The van der Waals surface area contributed by atoms with Crippen molar-refractivity contribution >= 4 is 21.6 Å². The second-order valence-corrected chi connectivity index (χ2v) is 6.57. The molecule has 4 nitrogen and oxygen atoms in total. The van der Waals surface area contributed by atoms with Crippen LogP contribution in [0.1, 0.15) is 12.0 Å². The highest BCUT2D eigenvalue weighted by atomic mass is 79.9. The Morgan fingerprint density at radius 1 is 1.25 bits per heavy atom. The van der Waals surface area contributed by atoms with Gasteiger partial charge in [0.25, 0.3) is 0 Å². The molecule has 2 heterocycles. The summed E-state index contributed by atoms with van der Waals surface area (Å²) < 4.78 is 6.60. The number of hydrogen-bond donors (Lipinski definition) is 1. The number of benzene rings is 1. The minimum Gasteiger partial charge on any atom is -0.378 e. The Morgan fingerprint density at radius 3 is 2.75 bits per heavy atom. The Labute approximate surface area is 129 Å². The molecular weight excluding hydrogens is 318 g/mol. The van der Waals surface area contributed by atoms with Crippen molar-refractivity contribution in [1.29, 1.82) is 0 Å². The summed E-state index contributed by atoms with van der Waals surface area (Å²) in [6, 6.07) is 6.95. The summed E-state index contributed by atoms with van der Waals surface area (Å²) in [7, 11) is 0. The molecule has 20 heavy (non-hydrogen) atoms. The third-order valence-corrected chi connectivity index (χ3v) is 4.60. The van der Waals surface area contributed by atoms with Gasteiger partial charge in [0.05, 0.1) is 13.2 Å². The van der Waals surface area contributed by atoms with Crippen molar-refractivity contribution in [1.82, 2.24) is 4.90 Å². The number of morpholine rings is 1. The summed E-state index contributed by atoms with van der Waals surface area (Å²) in [6.45, 7) is 6.71. The van der Waals surface area contributed by atoms with Crippen LogP contribution in [0.4, 0.5) is 5.69 Å². The zero-order valence-corrected chi connectivity index (χ0v) is 13.3. The number of hydrogen-bond acceptors (Lipinski definition) is 4. The van der Waals surface area contributed by atoms with Crippen LogP contribution in [-0.2, 0) is 11.3 Å². The smallest absolute Gasteiger partial charge is 0.0642 e. The quantitative estimate of drug-likeness (QED) is 0.912. The summed E-state index contributed by atoms with van der Waals surface area (Å²) in [5.74, 6) is 0. The Hall–Kier alpha value is -0.620. The molecule has 110 valence electrons. The molecule has 2 aliphatic heterocycles. The zero-order valence-electron chi connectivity index (χ0n) is 11.7. The zero-order chi connectivity index (χ0) is 13.9. The molecule has 1 atom stereocenters. The van der Waals surface area contributed by atoms with Crippen LogP contribution in [0.2, 0.25) is 0 Å². The van der Waals surface area contributed by atoms with Gasteiger partial charge in [0.15, 0.2) is 0 Å². The molecule has 0 bridgehead atoms. The van der Waals surface area contributed by atoms with Gasteiger partial charge in [-0.3, -0.25) is 4.90 Å². The van der Waals surface area contributed by atoms with Crippen molar-refractivity contribution in [3.8, 4) is 0 Å². The second-order valence-electron chi connectivity index (χ2n) is 5.66. The molecule has 3 rings (SSSR count). The van der Waals surface area contributed by atoms with Crippen LogP contribution in [0.25, 0.3) is 0 Å². The Morgan fingerprint density at radius 2 is 2.05 bits per heavy atom. The molecule has 2 fully saturated rings. The van der Waals surface area contributed by atoms with Gasteiger partial charge in [0.1, 0.15) is 0 Å². The lowest BCUT2D eigenvalue weighted by Gasteiger charge is -2.31. The largest absolute Gasteiger partial charge is 0.378 e. The van der Waals surface area contributed by atoms with Crippen LogP contribution in [-0.4, -0.2) is 50.3 Å². The van der Waals surface area contributed by atoms with Crippen molar-refractivity contribution in [2.45, 2.75) is 19.0 Å². The maximum atomic E-state index is 6.01. The first-order chi connectivity index (χ1) is 9.72. The molecule has 2 aliphatic rings. The number of halogens is 1. The van der Waals surface area contributed by atoms with E-state index in [1.807, 2.05) is 0 Å². The van der Waals surface area contributed by atoms with E-state index in [1.54, 1.807) is 0 Å². The van der Waals surface area contributed by atoms with Gasteiger partial charge in [-0.25, -0.2) is 0 Å². The minimum absolute atomic E-state index is 0.345. The fourth-order valence-electron chi connectivity index (χ4n) is 3.02. The maximum absolute atomic E-state index is 6.01. The number of ether oxygens (including phenoxy) is 1. The molecule has 0 aromatic heterocycles. The van der Waals surface area contributed by atoms with E-state index in [4.69, 9.17) is 10.5 Å². The van der Waals surface area contributed by atoms with E-state index in [2.05, 4.69) is 43.9 Å². The highest BCUT2D eigenvalue weighted by molar-refractivity contribution is 9.10. The summed E-state index contributed by atoms with van der Waals surface area (Å²) in [6.07, 6.45) is 1.11. The van der Waals surface area contributed by atoms with Crippen LogP contribution in [0, 0.1) is 0 Å². The molecule has 2 N–H and O–H groups in total. The van der Waals surface area contributed by atoms with Crippen molar-refractivity contribution in [2.24, 2.45) is 5.73 Å². The molecule has 0 radical (unpaired) electrons. The van der Waals surface area contributed by atoms with E-state index < -0.39 is 0 Å². The molecule has 0 amide bonds. The van der Waals surface area contributed by atoms with E-state index in [0.717, 1.165) is 56.8 Å². The first-order valence-corrected chi connectivity index (χ1v) is 8.11. The summed E-state index contributed by atoms with van der Waals surface area (Å²) in [5.41, 5.74) is 8.74. The lowest BCUT2D eigenvalue weighted by Crippen LogP contribution is -2.37. The van der Waals surface area contributed by atoms with Crippen molar-refractivity contribution in [2.75, 3.05) is 44.3 Å². The second kappa shape index (κ2) is 6.43. The van der Waals surface area contributed by atoms with Crippen LogP contribution >= 0.6 is 15.9 Å². The van der Waals surface area contributed by atoms with Crippen molar-refractivity contribution in [3.05, 3.63) is 28.2 Å². The van der Waals surface area contributed by atoms with E-state index in [-0.39, 0.29) is 0 Å². The third-order valence-electron chi connectivity index (χ3n) is 4.10. The molecule has 0 aliphatic carbocycles. The molecule has 5 heteroatoms. The number of nitrogens with two attached hydrogens (primary N) is 1. The molecule has 0 spiro atoms. The maximum Gasteiger partial charge on any atom is 0.0642 e. The van der Waals surface area contributed by atoms with E-state index >= 15 is 0 Å². The van der Waals surface area contributed by atoms with Crippen molar-refractivity contribution in [3.63, 3.8) is 0 Å². The van der Waals surface area contributed by atoms with Gasteiger partial charge in [-0.1, -0.05) is 22.0 Å². The fourth-order valence-corrected chi connectivity index (χ4v) is 3.37. The average molecular weight is 340 g/mol. The highest BCUT2D eigenvalue weighted by Crippen LogP contribution is 2.28. The standard InChI is InChI=1S/C15H22BrN3O/c16-13-2-1-12(10-18-4-3-14(17)11-18)15(9-13)19-5-7-20-8-6-19/h1-2,9,14H,3-8,10-11,17H2/t14-/m0/s1. The SMILES string of the molecule is N[C@H]1CCN(Cc2ccc(Br)cc2N2CCOCC2)C1. The van der Waals surface area contributed by atoms with Gasteiger partial charge < -0.3 is 15.4 Å². The number of nitrogens with zero attached hydrogens (tertiary/aromatic N) is 2. The predicted octanol–water partition coefficient (Wildman–Crippen LogP) is 1.82. The molecular formula is C15H22BrN3O. The predicted molar refractivity (Wildman–Crippen MR) is 85.0 cm³/mol. The van der Waals surface area contributed by atoms with Crippen LogP contribution in [0.5, 0.6) is 0 Å². The molecule has 0 saturated carbocycles. The number of anilines is 1. The lowest BCUT2D eigenvalue weighted by atomic mass is 10.1. The number of likely N-dealkylation sites (tertiary alicyclic amines) is 1. The van der Waals surface area contributed by atoms with Gasteiger partial charge >= 0.3 is 0 Å². The van der Waals surface area contributed by atoms with Gasteiger partial charge in [-0.2, -0.15) is 0 Å². The fraction of sp³-hybridized carbons (Fsp3) is 0.600. The molecule has 1 aromatic rings. The van der Waals surface area contributed by atoms with Gasteiger partial charge in [0, 0.05) is 48.9 Å². The van der Waals surface area contributed by atoms with E-state index in [9.17, 15) is 0 Å². The van der Waals surface area contributed by atoms with Gasteiger partial charge in [-0.15, -0.1) is 0 Å². The topological polar surface area (TPSA) is 41.7 Å². The van der Waals surface area contributed by atoms with Crippen LogP contribution < -0.4 is 10.6 Å². The lowest BCUT2D eigenvalue weighted by molar-refractivity contribution is 0.122. The first-order valence-electron chi connectivity index (χ1n) is 7.31. The monoisotopic (exact) mass is 339 g/mol. The summed E-state index contributed by atoms with van der Waals surface area (Å²) in [5, 5.41) is 0. The minimum atomic E-state index is 0.345. The summed E-state index contributed by atoms with van der Waals surface area (Å²) >= 11 is 3.59. The average Bonchev–Trinajstić information content (AvgIpc) is 2.87. The van der Waals surface area contributed by atoms with Crippen LogP contribution in [0.15, 0.2) is 22.7 Å². The normalized spacial score (nSPS) is 24.3. The Kier molecular flexibility index (Phi) is 4.61. The summed E-state index contributed by atoms with van der Waals surface area (Å²) in [4.78, 5) is 4.89. The van der Waals surface area contributed by atoms with Crippen molar-refractivity contribution < 1.29 is 4.74 Å². The molecule has 1 aromatic carbocycles. The van der Waals surface area contributed by atoms with Crippen LogP contribution in [0.3, 0.4) is 0 Å². The third kappa shape index (κ3) is 3.34. The van der Waals surface area contributed by atoms with Gasteiger partial charge in [0.2, 0.25) is 0 Å². The first kappa shape index (κ1) is 14.3. The Bertz CT molecular complexity index is 462. The number of rotatable bonds is 3. The highest BCUT2D eigenvalue weighted by Gasteiger charge is 2.21. The molecule has 0 unspecified atom stereocenters. The Balaban J connectivity index is 1.78. The molecule has 2 saturated heterocycles.